The fourth-order valence-corrected chi connectivity index (χ4v) is 3.54. The first-order valence-electron chi connectivity index (χ1n) is 7.68. The molecule has 0 bridgehead atoms. The number of hydrogen-bond acceptors (Lipinski definition) is 4. The summed E-state index contributed by atoms with van der Waals surface area (Å²) >= 11 is 1.68. The van der Waals surface area contributed by atoms with Crippen LogP contribution in [0.3, 0.4) is 0 Å². The summed E-state index contributed by atoms with van der Waals surface area (Å²) in [6.45, 7) is 2.07. The van der Waals surface area contributed by atoms with E-state index in [4.69, 9.17) is 4.74 Å². The van der Waals surface area contributed by atoms with Gasteiger partial charge in [0, 0.05) is 30.6 Å². The van der Waals surface area contributed by atoms with Gasteiger partial charge in [-0.3, -0.25) is 4.79 Å². The quantitative estimate of drug-likeness (QED) is 0.850. The van der Waals surface area contributed by atoms with Crippen molar-refractivity contribution in [3.63, 3.8) is 0 Å². The highest BCUT2D eigenvalue weighted by atomic mass is 32.1. The van der Waals surface area contributed by atoms with Crippen molar-refractivity contribution in [3.05, 3.63) is 46.9 Å². The number of amides is 1. The maximum Gasteiger partial charge on any atom is 0.226 e. The summed E-state index contributed by atoms with van der Waals surface area (Å²) in [5.74, 6) is 1.39. The van der Waals surface area contributed by atoms with E-state index >= 15 is 0 Å². The van der Waals surface area contributed by atoms with Crippen LogP contribution < -0.4 is 4.74 Å². The van der Waals surface area contributed by atoms with Crippen molar-refractivity contribution in [2.45, 2.75) is 25.2 Å². The maximum atomic E-state index is 12.3. The topological polar surface area (TPSA) is 42.4 Å². The minimum absolute atomic E-state index is 0.178. The zero-order chi connectivity index (χ0) is 15.2. The van der Waals surface area contributed by atoms with Crippen molar-refractivity contribution in [1.82, 2.24) is 9.88 Å². The summed E-state index contributed by atoms with van der Waals surface area (Å²) in [6, 6.07) is 9.62. The van der Waals surface area contributed by atoms with Gasteiger partial charge in [-0.05, 0) is 25.0 Å². The second-order valence-corrected chi connectivity index (χ2v) is 6.39. The molecule has 0 radical (unpaired) electrons. The van der Waals surface area contributed by atoms with Crippen molar-refractivity contribution < 1.29 is 9.53 Å². The number of nitrogens with zero attached hydrogens (tertiary/aromatic N) is 2. The van der Waals surface area contributed by atoms with Gasteiger partial charge >= 0.3 is 0 Å². The van der Waals surface area contributed by atoms with E-state index < -0.39 is 0 Å². The van der Waals surface area contributed by atoms with Crippen LogP contribution in [0.1, 0.15) is 30.2 Å². The standard InChI is InChI=1S/C17H20N2O2S/c20-16(8-11-21-15-6-2-1-3-7-15)19-10-4-5-14(13-19)17-18-9-12-22-17/h1-3,6-7,9,12,14H,4-5,8,10-11,13H2/t14-/m1/s1. The summed E-state index contributed by atoms with van der Waals surface area (Å²) in [6.07, 6.45) is 4.45. The molecule has 1 atom stereocenters. The summed E-state index contributed by atoms with van der Waals surface area (Å²) < 4.78 is 5.61. The SMILES string of the molecule is O=C(CCOc1ccccc1)N1CCC[C@@H](c2nccs2)C1. The molecule has 1 fully saturated rings. The molecule has 1 aromatic carbocycles. The number of rotatable bonds is 5. The molecule has 4 nitrogen and oxygen atoms in total. The molecule has 22 heavy (non-hydrogen) atoms. The van der Waals surface area contributed by atoms with Gasteiger partial charge in [0.2, 0.25) is 5.91 Å². The lowest BCUT2D eigenvalue weighted by atomic mass is 9.98. The van der Waals surface area contributed by atoms with Crippen molar-refractivity contribution >= 4 is 17.2 Å². The van der Waals surface area contributed by atoms with Crippen LogP contribution in [0.4, 0.5) is 0 Å². The van der Waals surface area contributed by atoms with Gasteiger partial charge in [0.05, 0.1) is 18.0 Å². The Balaban J connectivity index is 1.47. The van der Waals surface area contributed by atoms with Gasteiger partial charge in [0.1, 0.15) is 5.75 Å². The van der Waals surface area contributed by atoms with E-state index in [-0.39, 0.29) is 5.91 Å². The zero-order valence-corrected chi connectivity index (χ0v) is 13.3. The van der Waals surface area contributed by atoms with Gasteiger partial charge in [-0.1, -0.05) is 18.2 Å². The van der Waals surface area contributed by atoms with E-state index in [1.54, 1.807) is 11.3 Å². The predicted molar refractivity (Wildman–Crippen MR) is 87.2 cm³/mol. The number of para-hydroxylation sites is 1. The number of carbonyl (C=O) groups excluding carboxylic acids is 1. The number of benzene rings is 1. The first kappa shape index (κ1) is 15.0. The molecule has 0 aliphatic carbocycles. The van der Waals surface area contributed by atoms with Gasteiger partial charge in [0.15, 0.2) is 0 Å². The molecule has 1 saturated heterocycles. The monoisotopic (exact) mass is 316 g/mol. The van der Waals surface area contributed by atoms with E-state index in [1.807, 2.05) is 46.8 Å². The van der Waals surface area contributed by atoms with Crippen molar-refractivity contribution in [3.8, 4) is 5.75 Å². The Morgan fingerprint density at radius 1 is 1.36 bits per heavy atom. The number of thiazole rings is 1. The number of carbonyl (C=O) groups is 1. The fraction of sp³-hybridized carbons (Fsp3) is 0.412. The molecule has 116 valence electrons. The van der Waals surface area contributed by atoms with Crippen LogP contribution in [-0.4, -0.2) is 35.5 Å². The summed E-state index contributed by atoms with van der Waals surface area (Å²) in [4.78, 5) is 18.7. The molecule has 0 saturated carbocycles. The smallest absolute Gasteiger partial charge is 0.226 e. The second kappa shape index (κ2) is 7.40. The number of piperidine rings is 1. The van der Waals surface area contributed by atoms with Crippen LogP contribution in [0, 0.1) is 0 Å². The van der Waals surface area contributed by atoms with Crippen LogP contribution in [0.25, 0.3) is 0 Å². The van der Waals surface area contributed by atoms with E-state index in [0.29, 0.717) is 18.9 Å². The van der Waals surface area contributed by atoms with Gasteiger partial charge in [-0.2, -0.15) is 0 Å². The Morgan fingerprint density at radius 3 is 3.00 bits per heavy atom. The van der Waals surface area contributed by atoms with Crippen molar-refractivity contribution in [2.24, 2.45) is 0 Å². The molecular weight excluding hydrogens is 296 g/mol. The highest BCUT2D eigenvalue weighted by Gasteiger charge is 2.25. The van der Waals surface area contributed by atoms with Crippen LogP contribution >= 0.6 is 11.3 Å². The van der Waals surface area contributed by atoms with Crippen LogP contribution in [0.5, 0.6) is 5.75 Å². The minimum atomic E-state index is 0.178. The fourth-order valence-electron chi connectivity index (χ4n) is 2.77. The first-order chi connectivity index (χ1) is 10.8. The average Bonchev–Trinajstić information content (AvgIpc) is 3.10. The molecular formula is C17H20N2O2S. The molecule has 0 N–H and O–H groups in total. The minimum Gasteiger partial charge on any atom is -0.493 e. The first-order valence-corrected chi connectivity index (χ1v) is 8.56. The molecule has 5 heteroatoms. The van der Waals surface area contributed by atoms with Crippen LogP contribution in [-0.2, 0) is 4.79 Å². The largest absolute Gasteiger partial charge is 0.493 e. The molecule has 1 aromatic heterocycles. The molecule has 3 rings (SSSR count). The molecule has 1 aliphatic rings. The van der Waals surface area contributed by atoms with Gasteiger partial charge in [-0.25, -0.2) is 4.98 Å². The Hall–Kier alpha value is -1.88. The lowest BCUT2D eigenvalue weighted by Gasteiger charge is -2.31. The lowest BCUT2D eigenvalue weighted by molar-refractivity contribution is -0.132. The highest BCUT2D eigenvalue weighted by Crippen LogP contribution is 2.28. The van der Waals surface area contributed by atoms with E-state index in [0.717, 1.165) is 36.7 Å². The number of likely N-dealkylation sites (tertiary alicyclic amines) is 1. The molecule has 1 amide bonds. The molecule has 2 heterocycles. The Morgan fingerprint density at radius 2 is 2.23 bits per heavy atom. The Bertz CT molecular complexity index is 586. The van der Waals surface area contributed by atoms with Gasteiger partial charge in [0.25, 0.3) is 0 Å². The van der Waals surface area contributed by atoms with Crippen LogP contribution in [0.2, 0.25) is 0 Å². The molecule has 1 aliphatic heterocycles. The summed E-state index contributed by atoms with van der Waals surface area (Å²) in [5.41, 5.74) is 0. The maximum absolute atomic E-state index is 12.3. The summed E-state index contributed by atoms with van der Waals surface area (Å²) in [5, 5.41) is 3.15. The van der Waals surface area contributed by atoms with Gasteiger partial charge < -0.3 is 9.64 Å². The second-order valence-electron chi connectivity index (χ2n) is 5.46. The summed E-state index contributed by atoms with van der Waals surface area (Å²) in [7, 11) is 0. The average molecular weight is 316 g/mol. The molecule has 2 aromatic rings. The van der Waals surface area contributed by atoms with E-state index in [9.17, 15) is 4.79 Å². The molecule has 0 spiro atoms. The number of aromatic nitrogens is 1. The third kappa shape index (κ3) is 3.85. The van der Waals surface area contributed by atoms with E-state index in [1.165, 1.54) is 0 Å². The normalized spacial score (nSPS) is 18.2. The predicted octanol–water partition coefficient (Wildman–Crippen LogP) is 3.32. The van der Waals surface area contributed by atoms with E-state index in [2.05, 4.69) is 4.98 Å². The third-order valence-electron chi connectivity index (χ3n) is 3.90. The van der Waals surface area contributed by atoms with Gasteiger partial charge in [-0.15, -0.1) is 11.3 Å². The lowest BCUT2D eigenvalue weighted by Crippen LogP contribution is -2.39. The Kier molecular flexibility index (Phi) is 5.06. The van der Waals surface area contributed by atoms with Crippen molar-refractivity contribution in [1.29, 1.82) is 0 Å². The third-order valence-corrected chi connectivity index (χ3v) is 4.84. The van der Waals surface area contributed by atoms with Crippen molar-refractivity contribution in [2.75, 3.05) is 19.7 Å². The van der Waals surface area contributed by atoms with Crippen LogP contribution in [0.15, 0.2) is 41.9 Å². The molecule has 0 unspecified atom stereocenters. The Labute approximate surface area is 134 Å². The zero-order valence-electron chi connectivity index (χ0n) is 12.5. The highest BCUT2D eigenvalue weighted by molar-refractivity contribution is 7.09. The number of hydrogen-bond donors (Lipinski definition) is 0. The number of ether oxygens (including phenoxy) is 1.